The lowest BCUT2D eigenvalue weighted by Gasteiger charge is -2.47. The molecule has 3 aliphatic rings. The molecule has 0 radical (unpaired) electrons. The van der Waals surface area contributed by atoms with E-state index in [9.17, 15) is 0 Å². The zero-order valence-corrected chi connectivity index (χ0v) is 34.5. The summed E-state index contributed by atoms with van der Waals surface area (Å²) in [6.45, 7) is 16.2. The number of hydrogen-bond acceptors (Lipinski definition) is 2. The summed E-state index contributed by atoms with van der Waals surface area (Å²) in [7, 11) is 0. The Morgan fingerprint density at radius 3 is 2.03 bits per heavy atom. The third-order valence-corrected chi connectivity index (χ3v) is 13.3. The van der Waals surface area contributed by atoms with Crippen molar-refractivity contribution in [1.82, 2.24) is 0 Å². The highest BCUT2D eigenvalue weighted by Crippen LogP contribution is 2.54. The predicted octanol–water partition coefficient (Wildman–Crippen LogP) is 13.4. The van der Waals surface area contributed by atoms with Gasteiger partial charge in [-0.05, 0) is 139 Å². The molecule has 0 amide bonds. The zero-order chi connectivity index (χ0) is 39.7. The van der Waals surface area contributed by atoms with Gasteiger partial charge < -0.3 is 9.71 Å². The molecular formula is C55H47BN2. The van der Waals surface area contributed by atoms with Gasteiger partial charge in [-0.1, -0.05) is 150 Å². The highest BCUT2D eigenvalue weighted by atomic mass is 15.2. The van der Waals surface area contributed by atoms with Gasteiger partial charge in [-0.25, -0.2) is 0 Å². The normalized spacial score (nSPS) is 14.5. The van der Waals surface area contributed by atoms with E-state index >= 15 is 0 Å². The molecular weight excluding hydrogens is 699 g/mol. The fourth-order valence-corrected chi connectivity index (χ4v) is 10.4. The summed E-state index contributed by atoms with van der Waals surface area (Å²) in [6.07, 6.45) is 0. The van der Waals surface area contributed by atoms with E-state index in [4.69, 9.17) is 0 Å². The van der Waals surface area contributed by atoms with Crippen LogP contribution in [0.25, 0.3) is 44.2 Å². The minimum atomic E-state index is -0.141. The molecule has 0 saturated heterocycles. The average molecular weight is 747 g/mol. The molecule has 0 unspecified atom stereocenters. The Balaban J connectivity index is 1.25. The first-order valence-electron chi connectivity index (χ1n) is 20.8. The molecule has 58 heavy (non-hydrogen) atoms. The van der Waals surface area contributed by atoms with Crippen LogP contribution >= 0.6 is 0 Å². The van der Waals surface area contributed by atoms with Gasteiger partial charge in [0.1, 0.15) is 0 Å². The molecule has 1 aliphatic carbocycles. The summed E-state index contributed by atoms with van der Waals surface area (Å²) >= 11 is 0. The van der Waals surface area contributed by atoms with E-state index in [0.29, 0.717) is 0 Å². The summed E-state index contributed by atoms with van der Waals surface area (Å²) in [6, 6.07) is 59.9. The van der Waals surface area contributed by atoms with E-state index in [2.05, 4.69) is 216 Å². The second kappa shape index (κ2) is 12.3. The van der Waals surface area contributed by atoms with Crippen molar-refractivity contribution in [2.45, 2.75) is 59.3 Å². The maximum atomic E-state index is 2.66. The smallest absolute Gasteiger partial charge is 0.333 e. The van der Waals surface area contributed by atoms with Crippen molar-refractivity contribution in [2.75, 3.05) is 9.71 Å². The van der Waals surface area contributed by atoms with Gasteiger partial charge in [0, 0.05) is 39.4 Å². The number of hydrogen-bond donors (Lipinski definition) is 0. The minimum Gasteiger partial charge on any atom is -0.376 e. The van der Waals surface area contributed by atoms with Gasteiger partial charge in [-0.3, -0.25) is 0 Å². The number of aryl methyl sites for hydroxylation is 2. The fraction of sp³-hybridized carbons (Fsp3) is 0.164. The van der Waals surface area contributed by atoms with E-state index < -0.39 is 0 Å². The van der Waals surface area contributed by atoms with Crippen molar-refractivity contribution in [1.29, 1.82) is 0 Å². The lowest BCUT2D eigenvalue weighted by atomic mass is 9.43. The maximum Gasteiger partial charge on any atom is 0.333 e. The molecule has 0 atom stereocenters. The van der Waals surface area contributed by atoms with Crippen LogP contribution in [0.3, 0.4) is 0 Å². The molecule has 11 rings (SSSR count). The van der Waals surface area contributed by atoms with Crippen LogP contribution < -0.4 is 20.6 Å². The molecule has 2 aliphatic heterocycles. The van der Waals surface area contributed by atoms with Gasteiger partial charge in [0.25, 0.3) is 0 Å². The number of rotatable bonds is 3. The first-order valence-corrected chi connectivity index (χ1v) is 20.8. The Labute approximate surface area is 343 Å². The summed E-state index contributed by atoms with van der Waals surface area (Å²) in [5, 5.41) is 2.54. The third kappa shape index (κ3) is 4.99. The molecule has 0 bridgehead atoms. The van der Waals surface area contributed by atoms with E-state index in [0.717, 1.165) is 0 Å². The van der Waals surface area contributed by atoms with Crippen LogP contribution in [-0.4, -0.2) is 6.85 Å². The van der Waals surface area contributed by atoms with E-state index in [-0.39, 0.29) is 17.7 Å². The molecule has 0 saturated carbocycles. The minimum absolute atomic E-state index is 0.0540. The molecule has 280 valence electrons. The van der Waals surface area contributed by atoms with Crippen molar-refractivity contribution >= 4 is 57.0 Å². The highest BCUT2D eigenvalue weighted by Gasteiger charge is 2.47. The molecule has 0 spiro atoms. The van der Waals surface area contributed by atoms with Crippen LogP contribution in [0.5, 0.6) is 0 Å². The Bertz CT molecular complexity index is 2990. The van der Waals surface area contributed by atoms with Crippen molar-refractivity contribution in [3.05, 3.63) is 186 Å². The molecule has 0 aromatic heterocycles. The average Bonchev–Trinajstić information content (AvgIpc) is 3.45. The second-order valence-corrected chi connectivity index (χ2v) is 18.3. The topological polar surface area (TPSA) is 6.48 Å². The third-order valence-electron chi connectivity index (χ3n) is 13.3. The lowest BCUT2D eigenvalue weighted by molar-refractivity contribution is 0.590. The van der Waals surface area contributed by atoms with Crippen molar-refractivity contribution in [2.24, 2.45) is 0 Å². The summed E-state index contributed by atoms with van der Waals surface area (Å²) in [5.41, 5.74) is 23.2. The van der Waals surface area contributed by atoms with Crippen LogP contribution in [0.2, 0.25) is 0 Å². The molecule has 2 nitrogen and oxygen atoms in total. The zero-order valence-electron chi connectivity index (χ0n) is 34.5. The highest BCUT2D eigenvalue weighted by molar-refractivity contribution is 6.93. The molecule has 0 fully saturated rings. The van der Waals surface area contributed by atoms with Crippen molar-refractivity contribution in [3.8, 4) is 33.4 Å². The number of fused-ring (bicyclic) bond motifs is 9. The van der Waals surface area contributed by atoms with Gasteiger partial charge in [0.2, 0.25) is 0 Å². The van der Waals surface area contributed by atoms with Gasteiger partial charge in [-0.2, -0.15) is 0 Å². The van der Waals surface area contributed by atoms with Gasteiger partial charge in [0.05, 0.1) is 0 Å². The van der Waals surface area contributed by atoms with Crippen LogP contribution in [-0.2, 0) is 10.8 Å². The molecule has 0 N–H and O–H groups in total. The quantitative estimate of drug-likeness (QED) is 0.166. The maximum absolute atomic E-state index is 2.66. The summed E-state index contributed by atoms with van der Waals surface area (Å²) in [5.74, 6) is 0. The van der Waals surface area contributed by atoms with Gasteiger partial charge in [-0.15, -0.1) is 0 Å². The fourth-order valence-electron chi connectivity index (χ4n) is 10.4. The molecule has 8 aromatic carbocycles. The van der Waals surface area contributed by atoms with Crippen molar-refractivity contribution in [3.63, 3.8) is 0 Å². The van der Waals surface area contributed by atoms with Gasteiger partial charge >= 0.3 is 6.85 Å². The van der Waals surface area contributed by atoms with Crippen LogP contribution in [0.15, 0.2) is 158 Å². The van der Waals surface area contributed by atoms with Crippen LogP contribution in [0.4, 0.5) is 28.4 Å². The Morgan fingerprint density at radius 2 is 1.26 bits per heavy atom. The second-order valence-electron chi connectivity index (χ2n) is 18.3. The first-order chi connectivity index (χ1) is 28.0. The standard InChI is InChI=1S/C55H47BN2/c1-34-29-44-52-41-18-12-11-17-37(41)21-28-49(52)58(40-25-23-39(24-26-40)54(3,4)5)56-47-32-43-42-19-13-14-20-45(42)55(6,7)46(43)33-50(47)57(51(30-34)53(44)56)48-27-22-38(31-35(48)2)36-15-9-8-10-16-36/h8-33H,1-7H3. The summed E-state index contributed by atoms with van der Waals surface area (Å²) < 4.78 is 0. The first kappa shape index (κ1) is 34.9. The van der Waals surface area contributed by atoms with Crippen LogP contribution in [0, 0.1) is 13.8 Å². The number of benzene rings is 8. The SMILES string of the molecule is Cc1cc2c3c(c1)N(c1ccc(-c4ccccc4)cc1C)c1cc4c(cc1B3N(c1ccc(C(C)(C)C)cc1)c1ccc3ccccc3c1-2)-c1ccccc1C4(C)C. The van der Waals surface area contributed by atoms with Crippen molar-refractivity contribution < 1.29 is 0 Å². The Morgan fingerprint density at radius 1 is 0.534 bits per heavy atom. The van der Waals surface area contributed by atoms with E-state index in [1.807, 2.05) is 0 Å². The van der Waals surface area contributed by atoms with Gasteiger partial charge in [0.15, 0.2) is 0 Å². The number of nitrogens with zero attached hydrogens (tertiary/aromatic N) is 2. The lowest BCUT2D eigenvalue weighted by Crippen LogP contribution is -2.61. The van der Waals surface area contributed by atoms with E-state index in [1.165, 1.54) is 111 Å². The monoisotopic (exact) mass is 746 g/mol. The number of anilines is 5. The van der Waals surface area contributed by atoms with Crippen LogP contribution in [0.1, 0.15) is 62.4 Å². The van der Waals surface area contributed by atoms with E-state index in [1.54, 1.807) is 0 Å². The molecule has 3 heteroatoms. The Hall–Kier alpha value is -6.32. The predicted molar refractivity (Wildman–Crippen MR) is 249 cm³/mol. The Kier molecular flexibility index (Phi) is 7.43. The molecule has 2 heterocycles. The molecule has 8 aromatic rings. The largest absolute Gasteiger partial charge is 0.376 e. The summed E-state index contributed by atoms with van der Waals surface area (Å²) in [4.78, 5) is 5.27.